The molecule has 76 valence electrons. The highest BCUT2D eigenvalue weighted by Gasteiger charge is 2.16. The van der Waals surface area contributed by atoms with Gasteiger partial charge in [0.15, 0.2) is 17.7 Å². The molecule has 1 aromatic rings. The molecular formula is C10H11FO3. The van der Waals surface area contributed by atoms with Crippen LogP contribution in [0.4, 0.5) is 4.39 Å². The SMILES string of the molecule is COC(=O)C(C)Oc1ccccc1F. The topological polar surface area (TPSA) is 35.5 Å². The molecular weight excluding hydrogens is 187 g/mol. The van der Waals surface area contributed by atoms with Gasteiger partial charge in [-0.1, -0.05) is 12.1 Å². The van der Waals surface area contributed by atoms with Gasteiger partial charge in [0.1, 0.15) is 0 Å². The molecule has 0 saturated heterocycles. The molecule has 1 rings (SSSR count). The van der Waals surface area contributed by atoms with Crippen LogP contribution in [0.25, 0.3) is 0 Å². The molecule has 1 unspecified atom stereocenters. The van der Waals surface area contributed by atoms with Crippen molar-refractivity contribution in [1.29, 1.82) is 0 Å². The van der Waals surface area contributed by atoms with Crippen LogP contribution in [0.1, 0.15) is 6.92 Å². The fraction of sp³-hybridized carbons (Fsp3) is 0.300. The third kappa shape index (κ3) is 2.45. The van der Waals surface area contributed by atoms with Crippen LogP contribution in [-0.2, 0) is 9.53 Å². The maximum absolute atomic E-state index is 13.0. The minimum Gasteiger partial charge on any atom is -0.476 e. The predicted molar refractivity (Wildman–Crippen MR) is 48.5 cm³/mol. The molecule has 0 bridgehead atoms. The number of methoxy groups -OCH3 is 1. The van der Waals surface area contributed by atoms with E-state index in [1.165, 1.54) is 26.2 Å². The Bertz CT molecular complexity index is 325. The van der Waals surface area contributed by atoms with Gasteiger partial charge in [0.05, 0.1) is 7.11 Å². The molecule has 3 nitrogen and oxygen atoms in total. The summed E-state index contributed by atoms with van der Waals surface area (Å²) < 4.78 is 22.5. The first-order valence-electron chi connectivity index (χ1n) is 4.14. The monoisotopic (exact) mass is 198 g/mol. The zero-order chi connectivity index (χ0) is 10.6. The number of hydrogen-bond donors (Lipinski definition) is 0. The molecule has 0 N–H and O–H groups in total. The summed E-state index contributed by atoms with van der Waals surface area (Å²) in [6.45, 7) is 1.50. The number of carbonyl (C=O) groups excluding carboxylic acids is 1. The van der Waals surface area contributed by atoms with E-state index in [1.54, 1.807) is 12.1 Å². The molecule has 0 radical (unpaired) electrons. The van der Waals surface area contributed by atoms with Crippen LogP contribution in [-0.4, -0.2) is 19.2 Å². The molecule has 0 aliphatic rings. The number of ether oxygens (including phenoxy) is 2. The first-order valence-corrected chi connectivity index (χ1v) is 4.14. The normalized spacial score (nSPS) is 11.9. The van der Waals surface area contributed by atoms with Crippen molar-refractivity contribution in [1.82, 2.24) is 0 Å². The van der Waals surface area contributed by atoms with E-state index >= 15 is 0 Å². The van der Waals surface area contributed by atoms with Gasteiger partial charge in [-0.05, 0) is 19.1 Å². The van der Waals surface area contributed by atoms with Gasteiger partial charge in [0, 0.05) is 0 Å². The second kappa shape index (κ2) is 4.60. The Morgan fingerprint density at radius 1 is 1.43 bits per heavy atom. The summed E-state index contributed by atoms with van der Waals surface area (Å²) in [6.07, 6.45) is -0.808. The van der Waals surface area contributed by atoms with Gasteiger partial charge in [0.2, 0.25) is 0 Å². The Balaban J connectivity index is 2.69. The number of halogens is 1. The largest absolute Gasteiger partial charge is 0.476 e. The highest BCUT2D eigenvalue weighted by Crippen LogP contribution is 2.17. The molecule has 0 spiro atoms. The fourth-order valence-corrected chi connectivity index (χ4v) is 0.945. The van der Waals surface area contributed by atoms with Crippen molar-refractivity contribution < 1.29 is 18.7 Å². The van der Waals surface area contributed by atoms with Gasteiger partial charge in [0.25, 0.3) is 0 Å². The lowest BCUT2D eigenvalue weighted by Crippen LogP contribution is -2.25. The second-order valence-corrected chi connectivity index (χ2v) is 2.71. The van der Waals surface area contributed by atoms with Crippen molar-refractivity contribution in [3.63, 3.8) is 0 Å². The van der Waals surface area contributed by atoms with Crippen molar-refractivity contribution in [2.45, 2.75) is 13.0 Å². The molecule has 0 amide bonds. The number of rotatable bonds is 3. The summed E-state index contributed by atoms with van der Waals surface area (Å²) in [5.41, 5.74) is 0. The third-order valence-corrected chi connectivity index (χ3v) is 1.67. The molecule has 1 aromatic carbocycles. The van der Waals surface area contributed by atoms with Gasteiger partial charge in [-0.25, -0.2) is 9.18 Å². The van der Waals surface area contributed by atoms with E-state index < -0.39 is 17.9 Å². The van der Waals surface area contributed by atoms with Crippen LogP contribution in [0.15, 0.2) is 24.3 Å². The van der Waals surface area contributed by atoms with Gasteiger partial charge in [-0.15, -0.1) is 0 Å². The lowest BCUT2D eigenvalue weighted by atomic mass is 10.3. The predicted octanol–water partition coefficient (Wildman–Crippen LogP) is 1.77. The van der Waals surface area contributed by atoms with Crippen LogP contribution in [0.3, 0.4) is 0 Å². The van der Waals surface area contributed by atoms with E-state index in [0.29, 0.717) is 0 Å². The molecule has 0 heterocycles. The maximum Gasteiger partial charge on any atom is 0.346 e. The van der Waals surface area contributed by atoms with Gasteiger partial charge < -0.3 is 9.47 Å². The average molecular weight is 198 g/mol. The smallest absolute Gasteiger partial charge is 0.346 e. The van der Waals surface area contributed by atoms with Crippen molar-refractivity contribution in [3.8, 4) is 5.75 Å². The van der Waals surface area contributed by atoms with Gasteiger partial charge in [-0.3, -0.25) is 0 Å². The summed E-state index contributed by atoms with van der Waals surface area (Å²) in [7, 11) is 1.25. The lowest BCUT2D eigenvalue weighted by molar-refractivity contribution is -0.148. The Kier molecular flexibility index (Phi) is 3.45. The summed E-state index contributed by atoms with van der Waals surface area (Å²) in [5.74, 6) is -0.984. The maximum atomic E-state index is 13.0. The average Bonchev–Trinajstić information content (AvgIpc) is 2.20. The van der Waals surface area contributed by atoms with Gasteiger partial charge in [-0.2, -0.15) is 0 Å². The molecule has 14 heavy (non-hydrogen) atoms. The van der Waals surface area contributed by atoms with E-state index in [2.05, 4.69) is 4.74 Å². The molecule has 4 heteroatoms. The van der Waals surface area contributed by atoms with E-state index in [4.69, 9.17) is 4.74 Å². The van der Waals surface area contributed by atoms with Crippen LogP contribution >= 0.6 is 0 Å². The molecule has 0 aromatic heterocycles. The number of benzene rings is 1. The van der Waals surface area contributed by atoms with Crippen molar-refractivity contribution in [2.24, 2.45) is 0 Å². The summed E-state index contributed by atoms with van der Waals surface area (Å²) in [6, 6.07) is 5.89. The Morgan fingerprint density at radius 3 is 2.64 bits per heavy atom. The zero-order valence-electron chi connectivity index (χ0n) is 7.99. The standard InChI is InChI=1S/C10H11FO3/c1-7(10(12)13-2)14-9-6-4-3-5-8(9)11/h3-7H,1-2H3. The second-order valence-electron chi connectivity index (χ2n) is 2.71. The minimum absolute atomic E-state index is 0.0467. The van der Waals surface area contributed by atoms with E-state index in [0.717, 1.165) is 0 Å². The highest BCUT2D eigenvalue weighted by molar-refractivity contribution is 5.74. The third-order valence-electron chi connectivity index (χ3n) is 1.67. The van der Waals surface area contributed by atoms with Crippen molar-refractivity contribution >= 4 is 5.97 Å². The number of hydrogen-bond acceptors (Lipinski definition) is 3. The van der Waals surface area contributed by atoms with Crippen LogP contribution in [0.5, 0.6) is 5.75 Å². The van der Waals surface area contributed by atoms with Crippen LogP contribution in [0.2, 0.25) is 0 Å². The van der Waals surface area contributed by atoms with E-state index in [-0.39, 0.29) is 5.75 Å². The molecule has 0 fully saturated rings. The summed E-state index contributed by atoms with van der Waals surface area (Å²) in [5, 5.41) is 0. The Hall–Kier alpha value is -1.58. The van der Waals surface area contributed by atoms with Gasteiger partial charge >= 0.3 is 5.97 Å². The van der Waals surface area contributed by atoms with E-state index in [9.17, 15) is 9.18 Å². The lowest BCUT2D eigenvalue weighted by Gasteiger charge is -2.12. The molecule has 0 saturated carbocycles. The molecule has 1 atom stereocenters. The van der Waals surface area contributed by atoms with E-state index in [1.807, 2.05) is 0 Å². The Labute approximate surface area is 81.4 Å². The van der Waals surface area contributed by atoms with Crippen molar-refractivity contribution in [2.75, 3.05) is 7.11 Å². The minimum atomic E-state index is -0.808. The van der Waals surface area contributed by atoms with Crippen LogP contribution < -0.4 is 4.74 Å². The van der Waals surface area contributed by atoms with Crippen LogP contribution in [0, 0.1) is 5.82 Å². The first kappa shape index (κ1) is 10.5. The summed E-state index contributed by atoms with van der Waals surface area (Å²) >= 11 is 0. The molecule has 0 aliphatic heterocycles. The number of carbonyl (C=O) groups is 1. The zero-order valence-corrected chi connectivity index (χ0v) is 7.99. The quantitative estimate of drug-likeness (QED) is 0.694. The van der Waals surface area contributed by atoms with Crippen molar-refractivity contribution in [3.05, 3.63) is 30.1 Å². The molecule has 0 aliphatic carbocycles. The first-order chi connectivity index (χ1) is 6.65. The fourth-order valence-electron chi connectivity index (χ4n) is 0.945. The summed E-state index contributed by atoms with van der Waals surface area (Å²) in [4.78, 5) is 11.0. The number of para-hydroxylation sites is 1. The number of esters is 1. The Morgan fingerprint density at radius 2 is 2.07 bits per heavy atom. The highest BCUT2D eigenvalue weighted by atomic mass is 19.1.